The molecular formula is C14H16F3N5O3. The Hall–Kier alpha value is -2.50. The number of halogens is 3. The number of carbonyl (C=O) groups excluding carboxylic acids is 1. The molecule has 25 heavy (non-hydrogen) atoms. The Morgan fingerprint density at radius 1 is 1.24 bits per heavy atom. The highest BCUT2D eigenvalue weighted by atomic mass is 19.4. The second kappa shape index (κ2) is 8.55. The van der Waals surface area contributed by atoms with Crippen LogP contribution in [0.2, 0.25) is 0 Å². The average molecular weight is 359 g/mol. The summed E-state index contributed by atoms with van der Waals surface area (Å²) in [7, 11) is 0. The van der Waals surface area contributed by atoms with Gasteiger partial charge >= 0.3 is 12.1 Å². The van der Waals surface area contributed by atoms with Crippen LogP contribution in [-0.4, -0.2) is 42.3 Å². The van der Waals surface area contributed by atoms with Gasteiger partial charge in [0.2, 0.25) is 5.82 Å². The van der Waals surface area contributed by atoms with Crippen molar-refractivity contribution in [2.24, 2.45) is 5.73 Å². The highest BCUT2D eigenvalue weighted by molar-refractivity contribution is 5.94. The summed E-state index contributed by atoms with van der Waals surface area (Å²) in [5, 5.41) is 5.92. The third-order valence-electron chi connectivity index (χ3n) is 2.91. The van der Waals surface area contributed by atoms with E-state index in [9.17, 15) is 18.0 Å². The Morgan fingerprint density at radius 2 is 1.96 bits per heavy atom. The van der Waals surface area contributed by atoms with E-state index < -0.39 is 12.1 Å². The molecule has 2 rings (SSSR count). The molecule has 8 nitrogen and oxygen atoms in total. The van der Waals surface area contributed by atoms with Crippen molar-refractivity contribution in [3.05, 3.63) is 35.7 Å². The lowest BCUT2D eigenvalue weighted by atomic mass is 10.1. The number of rotatable bonds is 8. The number of amides is 1. The minimum absolute atomic E-state index is 0.208. The van der Waals surface area contributed by atoms with E-state index >= 15 is 0 Å². The molecule has 0 fully saturated rings. The first-order chi connectivity index (χ1) is 11.9. The molecule has 1 aromatic heterocycles. The lowest BCUT2D eigenvalue weighted by Gasteiger charge is -2.07. The van der Waals surface area contributed by atoms with Gasteiger partial charge in [-0.15, -0.1) is 0 Å². The Labute approximate surface area is 140 Å². The molecule has 136 valence electrons. The van der Waals surface area contributed by atoms with Crippen LogP contribution in [0.4, 0.5) is 13.2 Å². The number of nitrogens with zero attached hydrogens (tertiary/aromatic N) is 2. The van der Waals surface area contributed by atoms with E-state index in [0.717, 1.165) is 0 Å². The topological polar surface area (TPSA) is 115 Å². The maximum Gasteiger partial charge on any atom is 0.471 e. The molecule has 0 aliphatic carbocycles. The number of hydrogen-bond donors (Lipinski definition) is 3. The Morgan fingerprint density at radius 3 is 2.56 bits per heavy atom. The zero-order chi connectivity index (χ0) is 18.3. The SMILES string of the molecule is NCCONCCNC(=O)c1ccc(-c2noc(C(F)(F)F)n2)cc1. The van der Waals surface area contributed by atoms with Crippen molar-refractivity contribution in [3.63, 3.8) is 0 Å². The summed E-state index contributed by atoms with van der Waals surface area (Å²) < 4.78 is 41.5. The van der Waals surface area contributed by atoms with Crippen LogP contribution in [0.15, 0.2) is 28.8 Å². The smallest absolute Gasteiger partial charge is 0.351 e. The van der Waals surface area contributed by atoms with Crippen LogP contribution in [0.3, 0.4) is 0 Å². The number of carbonyl (C=O) groups is 1. The van der Waals surface area contributed by atoms with Crippen molar-refractivity contribution < 1.29 is 27.3 Å². The fourth-order valence-corrected chi connectivity index (χ4v) is 1.76. The molecule has 1 amide bonds. The molecule has 0 spiro atoms. The second-order valence-corrected chi connectivity index (χ2v) is 4.79. The van der Waals surface area contributed by atoms with Crippen molar-refractivity contribution in [3.8, 4) is 11.4 Å². The molecule has 2 aromatic rings. The van der Waals surface area contributed by atoms with Crippen molar-refractivity contribution in [1.82, 2.24) is 20.9 Å². The third kappa shape index (κ3) is 5.52. The molecule has 0 saturated heterocycles. The van der Waals surface area contributed by atoms with Crippen molar-refractivity contribution >= 4 is 5.91 Å². The number of aromatic nitrogens is 2. The van der Waals surface area contributed by atoms with Gasteiger partial charge in [0.1, 0.15) is 0 Å². The molecule has 4 N–H and O–H groups in total. The van der Waals surface area contributed by atoms with Gasteiger partial charge in [0.05, 0.1) is 6.61 Å². The summed E-state index contributed by atoms with van der Waals surface area (Å²) in [4.78, 5) is 20.1. The zero-order valence-electron chi connectivity index (χ0n) is 13.0. The average Bonchev–Trinajstić information content (AvgIpc) is 3.08. The van der Waals surface area contributed by atoms with Crippen LogP contribution in [0.1, 0.15) is 16.2 Å². The molecule has 0 aliphatic heterocycles. The van der Waals surface area contributed by atoms with E-state index in [2.05, 4.69) is 25.5 Å². The molecule has 0 saturated carbocycles. The molecule has 0 radical (unpaired) electrons. The van der Waals surface area contributed by atoms with Gasteiger partial charge in [-0.25, -0.2) is 5.48 Å². The third-order valence-corrected chi connectivity index (χ3v) is 2.91. The number of nitrogens with two attached hydrogens (primary N) is 1. The molecule has 0 bridgehead atoms. The minimum Gasteiger partial charge on any atom is -0.351 e. The largest absolute Gasteiger partial charge is 0.471 e. The van der Waals surface area contributed by atoms with Crippen molar-refractivity contribution in [2.75, 3.05) is 26.2 Å². The van der Waals surface area contributed by atoms with E-state index in [1.807, 2.05) is 0 Å². The summed E-state index contributed by atoms with van der Waals surface area (Å²) in [5.41, 5.74) is 8.50. The van der Waals surface area contributed by atoms with Gasteiger partial charge in [0.15, 0.2) is 0 Å². The van der Waals surface area contributed by atoms with Crippen molar-refractivity contribution in [1.29, 1.82) is 0 Å². The summed E-state index contributed by atoms with van der Waals surface area (Å²) in [6.45, 7) is 1.47. The summed E-state index contributed by atoms with van der Waals surface area (Å²) in [6.07, 6.45) is -4.70. The molecule has 0 unspecified atom stereocenters. The van der Waals surface area contributed by atoms with E-state index in [4.69, 9.17) is 10.6 Å². The minimum atomic E-state index is -4.70. The maximum absolute atomic E-state index is 12.4. The maximum atomic E-state index is 12.4. The fraction of sp³-hybridized carbons (Fsp3) is 0.357. The Bertz CT molecular complexity index is 688. The van der Waals surface area contributed by atoms with E-state index in [-0.39, 0.29) is 11.7 Å². The predicted octanol–water partition coefficient (Wildman–Crippen LogP) is 0.965. The van der Waals surface area contributed by atoms with Gasteiger partial charge in [0.25, 0.3) is 5.91 Å². The van der Waals surface area contributed by atoms with E-state index in [1.54, 1.807) is 0 Å². The van der Waals surface area contributed by atoms with E-state index in [1.165, 1.54) is 24.3 Å². The zero-order valence-corrected chi connectivity index (χ0v) is 13.0. The first-order valence-corrected chi connectivity index (χ1v) is 7.26. The van der Waals surface area contributed by atoms with Gasteiger partial charge in [-0.2, -0.15) is 18.2 Å². The Kier molecular flexibility index (Phi) is 6.44. The van der Waals surface area contributed by atoms with Gasteiger partial charge in [-0.1, -0.05) is 17.3 Å². The quantitative estimate of drug-likeness (QED) is 0.475. The van der Waals surface area contributed by atoms with Crippen LogP contribution in [0, 0.1) is 0 Å². The van der Waals surface area contributed by atoms with Crippen LogP contribution >= 0.6 is 0 Å². The van der Waals surface area contributed by atoms with Crippen LogP contribution in [0.25, 0.3) is 11.4 Å². The number of benzene rings is 1. The van der Waals surface area contributed by atoms with Gasteiger partial charge < -0.3 is 20.4 Å². The number of nitrogens with one attached hydrogen (secondary N) is 2. The molecule has 0 atom stereocenters. The summed E-state index contributed by atoms with van der Waals surface area (Å²) in [5.74, 6) is -1.97. The van der Waals surface area contributed by atoms with Gasteiger partial charge in [0, 0.05) is 30.8 Å². The first kappa shape index (κ1) is 18.8. The van der Waals surface area contributed by atoms with Gasteiger partial charge in [-0.05, 0) is 12.1 Å². The fourth-order valence-electron chi connectivity index (χ4n) is 1.76. The Balaban J connectivity index is 1.89. The normalized spacial score (nSPS) is 11.5. The monoisotopic (exact) mass is 359 g/mol. The molecular weight excluding hydrogens is 343 g/mol. The first-order valence-electron chi connectivity index (χ1n) is 7.26. The van der Waals surface area contributed by atoms with Crippen molar-refractivity contribution in [2.45, 2.75) is 6.18 Å². The standard InChI is InChI=1S/C14H16F3N5O3/c15-14(16,17)13-21-11(22-25-13)9-1-3-10(4-2-9)12(23)19-6-7-20-24-8-5-18/h1-4,20H,5-8,18H2,(H,19,23). The number of hydroxylamine groups is 1. The molecule has 1 aromatic carbocycles. The molecule has 11 heteroatoms. The second-order valence-electron chi connectivity index (χ2n) is 4.79. The highest BCUT2D eigenvalue weighted by Gasteiger charge is 2.38. The van der Waals surface area contributed by atoms with Gasteiger partial charge in [-0.3, -0.25) is 4.79 Å². The number of hydrogen-bond acceptors (Lipinski definition) is 7. The summed E-state index contributed by atoms with van der Waals surface area (Å²) in [6, 6.07) is 5.77. The molecule has 1 heterocycles. The number of alkyl halides is 3. The predicted molar refractivity (Wildman–Crippen MR) is 80.1 cm³/mol. The lowest BCUT2D eigenvalue weighted by Crippen LogP contribution is -2.32. The van der Waals surface area contributed by atoms with E-state index in [0.29, 0.717) is 37.4 Å². The van der Waals surface area contributed by atoms with Crippen LogP contribution in [-0.2, 0) is 11.0 Å². The highest BCUT2D eigenvalue weighted by Crippen LogP contribution is 2.29. The van der Waals surface area contributed by atoms with Crippen LogP contribution < -0.4 is 16.5 Å². The summed E-state index contributed by atoms with van der Waals surface area (Å²) >= 11 is 0. The van der Waals surface area contributed by atoms with Crippen LogP contribution in [0.5, 0.6) is 0 Å². The lowest BCUT2D eigenvalue weighted by molar-refractivity contribution is -0.159. The molecule has 0 aliphatic rings.